The van der Waals surface area contributed by atoms with Gasteiger partial charge in [-0.3, -0.25) is 4.74 Å². The molecule has 0 N–H and O–H groups in total. The van der Waals surface area contributed by atoms with Crippen LogP contribution >= 0.6 is 0 Å². The number of methoxy groups -OCH3 is 1. The Morgan fingerprint density at radius 1 is 0.667 bits per heavy atom. The molecule has 3 aromatic carbocycles. The first-order chi connectivity index (χ1) is 21.7. The van der Waals surface area contributed by atoms with Crippen molar-refractivity contribution < 1.29 is 32.8 Å². The summed E-state index contributed by atoms with van der Waals surface area (Å²) in [5.74, 6) is -1.45. The van der Waals surface area contributed by atoms with Crippen LogP contribution in [0, 0.1) is 0 Å². The first kappa shape index (κ1) is 33.9. The predicted octanol–water partition coefficient (Wildman–Crippen LogP) is 7.95. The fourth-order valence-corrected chi connectivity index (χ4v) is 12.7. The van der Waals surface area contributed by atoms with Crippen LogP contribution in [0.1, 0.15) is 58.2 Å². The molecule has 0 aromatic heterocycles. The van der Waals surface area contributed by atoms with Crippen LogP contribution in [0.2, 0.25) is 16.6 Å². The fourth-order valence-electron chi connectivity index (χ4n) is 7.24. The van der Waals surface area contributed by atoms with E-state index < -0.39 is 45.0 Å². The summed E-state index contributed by atoms with van der Waals surface area (Å²) in [6.45, 7) is 14.9. The highest BCUT2D eigenvalue weighted by Crippen LogP contribution is 2.46. The van der Waals surface area contributed by atoms with Crippen molar-refractivity contribution in [2.75, 3.05) is 13.7 Å². The van der Waals surface area contributed by atoms with Crippen LogP contribution in [0.4, 0.5) is 0 Å². The maximum absolute atomic E-state index is 7.11. The van der Waals surface area contributed by atoms with E-state index in [1.807, 2.05) is 66.7 Å². The third kappa shape index (κ3) is 7.29. The van der Waals surface area contributed by atoms with Crippen LogP contribution in [0.15, 0.2) is 91.0 Å². The lowest BCUT2D eigenvalue weighted by Gasteiger charge is -2.46. The average molecular weight is 635 g/mol. The first-order valence-corrected chi connectivity index (χ1v) is 18.4. The molecule has 2 fully saturated rings. The summed E-state index contributed by atoms with van der Waals surface area (Å²) in [6, 6.07) is 30.0. The maximum atomic E-state index is 7.11. The Morgan fingerprint density at radius 2 is 1.16 bits per heavy atom. The summed E-state index contributed by atoms with van der Waals surface area (Å²) in [6.07, 6.45) is -2.88. The Labute approximate surface area is 270 Å². The van der Waals surface area contributed by atoms with Crippen molar-refractivity contribution in [3.8, 4) is 0 Å². The fraction of sp³-hybridized carbons (Fsp3) is 0.514. The molecule has 2 aliphatic rings. The number of ether oxygens (including phenoxy) is 6. The largest absolute Gasteiger partial charge is 0.413 e. The zero-order chi connectivity index (χ0) is 32.0. The molecule has 8 heteroatoms. The predicted molar refractivity (Wildman–Crippen MR) is 177 cm³/mol. The molecular formula is C37H50O7Si. The number of hydrogen-bond acceptors (Lipinski definition) is 7. The molecular weight excluding hydrogens is 584 g/mol. The van der Waals surface area contributed by atoms with E-state index in [0.29, 0.717) is 36.4 Å². The highest BCUT2D eigenvalue weighted by Gasteiger charge is 2.60. The van der Waals surface area contributed by atoms with Gasteiger partial charge in [-0.15, -0.1) is 0 Å². The van der Waals surface area contributed by atoms with Crippen molar-refractivity contribution in [1.82, 2.24) is 0 Å². The van der Waals surface area contributed by atoms with Gasteiger partial charge in [0.05, 0.1) is 19.8 Å². The minimum Gasteiger partial charge on any atom is -0.413 e. The second kappa shape index (κ2) is 15.0. The van der Waals surface area contributed by atoms with Gasteiger partial charge in [-0.2, -0.15) is 0 Å². The van der Waals surface area contributed by atoms with Gasteiger partial charge in [0.15, 0.2) is 14.6 Å². The number of hydrogen-bond donors (Lipinski definition) is 0. The van der Waals surface area contributed by atoms with Crippen LogP contribution in [0.3, 0.4) is 0 Å². The number of fused-ring (bicyclic) bond motifs is 1. The molecule has 0 unspecified atom stereocenters. The molecule has 7 nitrogen and oxygen atoms in total. The molecule has 0 bridgehead atoms. The topological polar surface area (TPSA) is 64.6 Å². The molecule has 2 saturated heterocycles. The van der Waals surface area contributed by atoms with Crippen molar-refractivity contribution in [1.29, 1.82) is 0 Å². The maximum Gasteiger partial charge on any atom is 0.314 e. The normalized spacial score (nSPS) is 26.9. The lowest BCUT2D eigenvalue weighted by Crippen LogP contribution is -2.60. The minimum atomic E-state index is -2.22. The van der Waals surface area contributed by atoms with Crippen molar-refractivity contribution in [3.05, 3.63) is 108 Å². The van der Waals surface area contributed by atoms with Gasteiger partial charge in [0.1, 0.15) is 24.4 Å². The summed E-state index contributed by atoms with van der Waals surface area (Å²) in [7, 11) is -0.630. The molecule has 3 aromatic rings. The van der Waals surface area contributed by atoms with Gasteiger partial charge in [-0.05, 0) is 27.8 Å². The van der Waals surface area contributed by atoms with E-state index in [2.05, 4.69) is 65.8 Å². The Kier molecular flexibility index (Phi) is 11.3. The van der Waals surface area contributed by atoms with E-state index >= 15 is 0 Å². The van der Waals surface area contributed by atoms with E-state index in [1.165, 1.54) is 0 Å². The molecule has 0 amide bonds. The van der Waals surface area contributed by atoms with E-state index in [1.54, 1.807) is 7.11 Å². The van der Waals surface area contributed by atoms with Crippen molar-refractivity contribution >= 4 is 8.32 Å². The van der Waals surface area contributed by atoms with Crippen LogP contribution < -0.4 is 0 Å². The lowest BCUT2D eigenvalue weighted by atomic mass is 9.98. The Balaban J connectivity index is 1.50. The molecule has 0 radical (unpaired) electrons. The van der Waals surface area contributed by atoms with Crippen LogP contribution in [0.25, 0.3) is 0 Å². The molecule has 6 atom stereocenters. The Bertz CT molecular complexity index is 1280. The number of rotatable bonds is 14. The highest BCUT2D eigenvalue weighted by molar-refractivity contribution is 6.77. The van der Waals surface area contributed by atoms with E-state index in [-0.39, 0.29) is 0 Å². The molecule has 5 rings (SSSR count). The van der Waals surface area contributed by atoms with Crippen LogP contribution in [-0.4, -0.2) is 52.7 Å². The van der Waals surface area contributed by atoms with Gasteiger partial charge in [0.2, 0.25) is 0 Å². The van der Waals surface area contributed by atoms with Crippen molar-refractivity contribution in [2.24, 2.45) is 0 Å². The second-order valence-electron chi connectivity index (χ2n) is 13.0. The number of benzene rings is 3. The molecule has 2 heterocycles. The van der Waals surface area contributed by atoms with Gasteiger partial charge < -0.3 is 28.1 Å². The monoisotopic (exact) mass is 634 g/mol. The van der Waals surface area contributed by atoms with Crippen molar-refractivity contribution in [2.45, 2.75) is 108 Å². The average Bonchev–Trinajstić information content (AvgIpc) is 3.44. The van der Waals surface area contributed by atoms with Gasteiger partial charge in [-0.25, -0.2) is 0 Å². The minimum absolute atomic E-state index is 0.364. The van der Waals surface area contributed by atoms with Gasteiger partial charge >= 0.3 is 5.97 Å². The zero-order valence-electron chi connectivity index (χ0n) is 27.8. The van der Waals surface area contributed by atoms with E-state index in [9.17, 15) is 0 Å². The second-order valence-corrected chi connectivity index (χ2v) is 18.5. The SMILES string of the molecule is CO[C@@]1(c2ccccc2)O[C@@H]2O[C@H](CO[Si](C(C)C)(C(C)C)C(C)C)[C@@H](OCc3ccccc3)[C@H](OCc3ccccc3)[C@@H]2O1. The summed E-state index contributed by atoms with van der Waals surface area (Å²) in [5, 5.41) is 0. The summed E-state index contributed by atoms with van der Waals surface area (Å²) >= 11 is 0. The summed E-state index contributed by atoms with van der Waals surface area (Å²) < 4.78 is 46.6. The van der Waals surface area contributed by atoms with E-state index in [4.69, 9.17) is 32.8 Å². The standard InChI is InChI=1S/C37H50O7Si/c1-26(2)45(27(3)4,28(5)6)41-25-32-33(39-23-29-17-11-8-12-18-29)34(40-24-30-19-13-9-14-20-30)35-36(42-32)44-37(38-7,43-35)31-21-15-10-16-22-31/h8-22,26-28,32-36H,23-25H2,1-7H3/t32-,33-,34+,35+,36+,37-/m1/s1. The third-order valence-electron chi connectivity index (χ3n) is 9.33. The van der Waals surface area contributed by atoms with Gasteiger partial charge in [0, 0.05) is 12.7 Å². The van der Waals surface area contributed by atoms with Gasteiger partial charge in [-0.1, -0.05) is 133 Å². The van der Waals surface area contributed by atoms with Crippen molar-refractivity contribution in [3.63, 3.8) is 0 Å². The molecule has 2 aliphatic heterocycles. The smallest absolute Gasteiger partial charge is 0.314 e. The molecule has 45 heavy (non-hydrogen) atoms. The third-order valence-corrected chi connectivity index (χ3v) is 15.4. The highest BCUT2D eigenvalue weighted by atomic mass is 28.4. The lowest BCUT2D eigenvalue weighted by molar-refractivity contribution is -0.357. The summed E-state index contributed by atoms with van der Waals surface area (Å²) in [5.41, 5.74) is 4.14. The quantitative estimate of drug-likeness (QED) is 0.167. The zero-order valence-corrected chi connectivity index (χ0v) is 28.8. The molecule has 244 valence electrons. The van der Waals surface area contributed by atoms with Crippen LogP contribution in [-0.2, 0) is 52.0 Å². The first-order valence-electron chi connectivity index (χ1n) is 16.3. The molecule has 0 saturated carbocycles. The van der Waals surface area contributed by atoms with E-state index in [0.717, 1.165) is 16.7 Å². The Morgan fingerprint density at radius 3 is 1.64 bits per heavy atom. The van der Waals surface area contributed by atoms with Gasteiger partial charge in [0.25, 0.3) is 0 Å². The molecule has 0 spiro atoms. The Hall–Kier alpha value is -2.40. The van der Waals surface area contributed by atoms with Crippen LogP contribution in [0.5, 0.6) is 0 Å². The molecule has 0 aliphatic carbocycles. The summed E-state index contributed by atoms with van der Waals surface area (Å²) in [4.78, 5) is 0.